The van der Waals surface area contributed by atoms with Crippen LogP contribution in [0.15, 0.2) is 72.8 Å². The topological polar surface area (TPSA) is 166 Å². The van der Waals surface area contributed by atoms with Gasteiger partial charge in [0.2, 0.25) is 5.91 Å². The summed E-state index contributed by atoms with van der Waals surface area (Å²) in [6.45, 7) is 0. The van der Waals surface area contributed by atoms with Gasteiger partial charge in [-0.05, 0) is 41.5 Å². The number of carboxylic acid groups (broad SMARTS) is 1. The maximum atomic E-state index is 14.2. The van der Waals surface area contributed by atoms with Gasteiger partial charge in [0.25, 0.3) is 11.8 Å². The van der Waals surface area contributed by atoms with Crippen LogP contribution in [-0.2, 0) is 20.8 Å². The highest BCUT2D eigenvalue weighted by atomic mass is 35.5. The van der Waals surface area contributed by atoms with Crippen molar-refractivity contribution in [2.24, 2.45) is 5.73 Å². The molecular weight excluding hydrogens is 562 g/mol. The lowest BCUT2D eigenvalue weighted by atomic mass is 9.89. The Kier molecular flexibility index (Phi) is 6.66. The van der Waals surface area contributed by atoms with Crippen LogP contribution in [0.4, 0.5) is 10.5 Å². The second kappa shape index (κ2) is 10.3. The summed E-state index contributed by atoms with van der Waals surface area (Å²) in [5.41, 5.74) is 8.26. The normalized spacial score (nSPS) is 18.5. The molecule has 11 nitrogen and oxygen atoms in total. The highest BCUT2D eigenvalue weighted by Gasteiger charge is 2.53. The highest BCUT2D eigenvalue weighted by molar-refractivity contribution is 6.30. The van der Waals surface area contributed by atoms with E-state index in [-0.39, 0.29) is 17.7 Å². The van der Waals surface area contributed by atoms with E-state index in [9.17, 15) is 29.1 Å². The number of carbonyl (C=O) groups excluding carboxylic acids is 4. The number of hydrogen-bond acceptors (Lipinski definition) is 5. The average Bonchev–Trinajstić information content (AvgIpc) is 3.45. The van der Waals surface area contributed by atoms with Crippen LogP contribution in [0.25, 0.3) is 10.9 Å². The molecule has 3 heterocycles. The van der Waals surface area contributed by atoms with Gasteiger partial charge in [-0.1, -0.05) is 54.1 Å². The largest absolute Gasteiger partial charge is 0.480 e. The van der Waals surface area contributed by atoms with E-state index in [1.807, 2.05) is 30.3 Å². The number of amides is 5. The number of halogens is 1. The number of primary amides is 1. The molecule has 0 bridgehead atoms. The lowest BCUT2D eigenvalue weighted by Gasteiger charge is -2.36. The minimum absolute atomic E-state index is 0.0130. The van der Waals surface area contributed by atoms with E-state index in [0.717, 1.165) is 27.1 Å². The molecule has 212 valence electrons. The van der Waals surface area contributed by atoms with Crippen LogP contribution in [-0.4, -0.2) is 56.8 Å². The number of anilines is 1. The van der Waals surface area contributed by atoms with Crippen molar-refractivity contribution in [2.75, 3.05) is 4.90 Å². The SMILES string of the molecule is NC(=O)C[C@H](NC(=O)c1ccccc1N1C(=O)[C@@H]2Cc3c([nH]c4ccccc34)[C@H](c3cccc(Cl)c3)N2C1=O)C(=O)O. The molecule has 0 unspecified atom stereocenters. The first-order chi connectivity index (χ1) is 20.2. The molecule has 1 fully saturated rings. The lowest BCUT2D eigenvalue weighted by molar-refractivity contribution is -0.141. The van der Waals surface area contributed by atoms with Gasteiger partial charge >= 0.3 is 12.0 Å². The number of nitrogens with zero attached hydrogens (tertiary/aromatic N) is 2. The van der Waals surface area contributed by atoms with Gasteiger partial charge in [-0.25, -0.2) is 14.5 Å². The Labute approximate surface area is 243 Å². The number of nitrogens with two attached hydrogens (primary N) is 1. The number of aliphatic carboxylic acids is 1. The van der Waals surface area contributed by atoms with Crippen molar-refractivity contribution in [3.05, 3.63) is 100 Å². The molecule has 3 atom stereocenters. The van der Waals surface area contributed by atoms with Crippen LogP contribution in [0.2, 0.25) is 5.02 Å². The van der Waals surface area contributed by atoms with E-state index in [4.69, 9.17) is 17.3 Å². The Morgan fingerprint density at radius 1 is 1.05 bits per heavy atom. The number of urea groups is 1. The summed E-state index contributed by atoms with van der Waals surface area (Å²) in [5.74, 6) is -3.79. The van der Waals surface area contributed by atoms with Crippen LogP contribution in [0.3, 0.4) is 0 Å². The standard InChI is InChI=1S/C30H24ClN5O6/c31-16-7-5-6-15(12-16)26-25-19(17-8-1-3-10-20(17)33-25)13-23-28(39)36(30(42)35(23)26)22-11-4-2-9-18(22)27(38)34-21(29(40)41)14-24(32)37/h1-12,21,23,26,33H,13-14H2,(H2,32,37)(H,34,38)(H,40,41)/t21-,23-,26-/m0/s1. The van der Waals surface area contributed by atoms with Crippen molar-refractivity contribution in [1.82, 2.24) is 15.2 Å². The van der Waals surface area contributed by atoms with Gasteiger partial charge in [-0.2, -0.15) is 0 Å². The quantitative estimate of drug-likeness (QED) is 0.243. The second-order valence-corrected chi connectivity index (χ2v) is 10.6. The third kappa shape index (κ3) is 4.44. The van der Waals surface area contributed by atoms with Crippen LogP contribution in [0.5, 0.6) is 0 Å². The van der Waals surface area contributed by atoms with Gasteiger partial charge in [-0.15, -0.1) is 0 Å². The molecule has 5 N–H and O–H groups in total. The zero-order valence-corrected chi connectivity index (χ0v) is 22.7. The van der Waals surface area contributed by atoms with Gasteiger partial charge in [0, 0.05) is 28.0 Å². The van der Waals surface area contributed by atoms with Crippen molar-refractivity contribution in [2.45, 2.75) is 31.0 Å². The van der Waals surface area contributed by atoms with Gasteiger partial charge in [0.05, 0.1) is 17.7 Å². The van der Waals surface area contributed by atoms with E-state index in [0.29, 0.717) is 10.6 Å². The summed E-state index contributed by atoms with van der Waals surface area (Å²) in [6.07, 6.45) is -0.390. The smallest absolute Gasteiger partial charge is 0.332 e. The molecule has 2 aliphatic heterocycles. The molecule has 6 rings (SSSR count). The van der Waals surface area contributed by atoms with Gasteiger partial charge in [0.15, 0.2) is 0 Å². The first-order valence-electron chi connectivity index (χ1n) is 13.1. The molecule has 0 aliphatic carbocycles. The number of carbonyl (C=O) groups is 5. The number of aromatic amines is 1. The zero-order valence-electron chi connectivity index (χ0n) is 21.9. The summed E-state index contributed by atoms with van der Waals surface area (Å²) < 4.78 is 0. The monoisotopic (exact) mass is 585 g/mol. The zero-order chi connectivity index (χ0) is 29.7. The molecule has 4 aromatic rings. The molecule has 0 saturated carbocycles. The van der Waals surface area contributed by atoms with Crippen molar-refractivity contribution in [3.63, 3.8) is 0 Å². The van der Waals surface area contributed by atoms with Crippen LogP contribution >= 0.6 is 11.6 Å². The number of carboxylic acids is 1. The van der Waals surface area contributed by atoms with Crippen molar-refractivity contribution >= 4 is 57.9 Å². The molecule has 0 spiro atoms. The predicted octanol–water partition coefficient (Wildman–Crippen LogP) is 3.36. The van der Waals surface area contributed by atoms with Crippen LogP contribution in [0, 0.1) is 0 Å². The minimum atomic E-state index is -1.59. The second-order valence-electron chi connectivity index (χ2n) is 10.2. The predicted molar refractivity (Wildman–Crippen MR) is 153 cm³/mol. The Bertz CT molecular complexity index is 1800. The number of para-hydroxylation sites is 2. The number of imide groups is 1. The summed E-state index contributed by atoms with van der Waals surface area (Å²) in [5, 5.41) is 13.1. The summed E-state index contributed by atoms with van der Waals surface area (Å²) >= 11 is 6.35. The number of aromatic nitrogens is 1. The fourth-order valence-electron chi connectivity index (χ4n) is 5.82. The molecular formula is C30H24ClN5O6. The van der Waals surface area contributed by atoms with Crippen molar-refractivity contribution in [3.8, 4) is 0 Å². The fraction of sp³-hybridized carbons (Fsp3) is 0.167. The maximum Gasteiger partial charge on any atom is 0.332 e. The van der Waals surface area contributed by atoms with Crippen molar-refractivity contribution in [1.29, 1.82) is 0 Å². The summed E-state index contributed by atoms with van der Waals surface area (Å²) in [4.78, 5) is 70.4. The van der Waals surface area contributed by atoms with Gasteiger partial charge < -0.3 is 21.1 Å². The summed E-state index contributed by atoms with van der Waals surface area (Å²) in [6, 6.07) is 16.9. The fourth-order valence-corrected chi connectivity index (χ4v) is 6.02. The molecule has 42 heavy (non-hydrogen) atoms. The van der Waals surface area contributed by atoms with Gasteiger partial charge in [-0.3, -0.25) is 19.3 Å². The first kappa shape index (κ1) is 27.0. The molecule has 3 aromatic carbocycles. The number of nitrogens with one attached hydrogen (secondary N) is 2. The lowest BCUT2D eigenvalue weighted by Crippen LogP contribution is -2.44. The Hall–Kier alpha value is -5.16. The molecule has 2 aliphatic rings. The molecule has 0 radical (unpaired) electrons. The number of benzene rings is 3. The van der Waals surface area contributed by atoms with E-state index in [1.165, 1.54) is 23.1 Å². The van der Waals surface area contributed by atoms with E-state index in [2.05, 4.69) is 10.3 Å². The Morgan fingerprint density at radius 3 is 2.52 bits per heavy atom. The number of rotatable bonds is 7. The third-order valence-electron chi connectivity index (χ3n) is 7.61. The first-order valence-corrected chi connectivity index (χ1v) is 13.5. The van der Waals surface area contributed by atoms with Crippen LogP contribution < -0.4 is 16.0 Å². The maximum absolute atomic E-state index is 14.2. The Morgan fingerprint density at radius 2 is 1.79 bits per heavy atom. The van der Waals surface area contributed by atoms with E-state index >= 15 is 0 Å². The van der Waals surface area contributed by atoms with Crippen LogP contribution in [0.1, 0.15) is 39.6 Å². The minimum Gasteiger partial charge on any atom is -0.480 e. The molecule has 12 heteroatoms. The van der Waals surface area contributed by atoms with E-state index < -0.39 is 54.3 Å². The molecule has 5 amide bonds. The van der Waals surface area contributed by atoms with Crippen molar-refractivity contribution < 1.29 is 29.1 Å². The Balaban J connectivity index is 1.43. The summed E-state index contributed by atoms with van der Waals surface area (Å²) in [7, 11) is 0. The molecule has 1 saturated heterocycles. The number of fused-ring (bicyclic) bond motifs is 4. The van der Waals surface area contributed by atoms with Gasteiger partial charge in [0.1, 0.15) is 18.1 Å². The molecule has 1 aromatic heterocycles. The number of H-pyrrole nitrogens is 1. The average molecular weight is 586 g/mol. The highest BCUT2D eigenvalue weighted by Crippen LogP contribution is 2.45. The number of hydrogen-bond donors (Lipinski definition) is 4. The van der Waals surface area contributed by atoms with E-state index in [1.54, 1.807) is 24.3 Å². The third-order valence-corrected chi connectivity index (χ3v) is 7.85.